The van der Waals surface area contributed by atoms with Crippen molar-refractivity contribution in [1.82, 2.24) is 9.78 Å². The Morgan fingerprint density at radius 3 is 3.06 bits per heavy atom. The number of anilines is 1. The van der Waals surface area contributed by atoms with Crippen molar-refractivity contribution in [3.63, 3.8) is 0 Å². The maximum absolute atomic E-state index is 4.42. The molecule has 18 heavy (non-hydrogen) atoms. The van der Waals surface area contributed by atoms with E-state index >= 15 is 0 Å². The second-order valence-electron chi connectivity index (χ2n) is 5.05. The summed E-state index contributed by atoms with van der Waals surface area (Å²) in [6.45, 7) is 3.15. The number of benzene rings is 1. The summed E-state index contributed by atoms with van der Waals surface area (Å²) in [5.74, 6) is 0. The lowest BCUT2D eigenvalue weighted by molar-refractivity contribution is 0.713. The molecule has 0 amide bonds. The highest BCUT2D eigenvalue weighted by Crippen LogP contribution is 2.26. The quantitative estimate of drug-likeness (QED) is 0.876. The van der Waals surface area contributed by atoms with Crippen LogP contribution >= 0.6 is 0 Å². The molecule has 1 aliphatic heterocycles. The van der Waals surface area contributed by atoms with Crippen LogP contribution in [-0.4, -0.2) is 16.3 Å². The van der Waals surface area contributed by atoms with Crippen LogP contribution in [0.15, 0.2) is 24.3 Å². The van der Waals surface area contributed by atoms with Gasteiger partial charge in [0.15, 0.2) is 0 Å². The highest BCUT2D eigenvalue weighted by molar-refractivity contribution is 5.57. The summed E-state index contributed by atoms with van der Waals surface area (Å²) in [4.78, 5) is 0. The second kappa shape index (κ2) is 4.48. The van der Waals surface area contributed by atoms with E-state index < -0.39 is 0 Å². The van der Waals surface area contributed by atoms with Crippen LogP contribution in [-0.2, 0) is 19.9 Å². The third kappa shape index (κ3) is 2.01. The van der Waals surface area contributed by atoms with E-state index in [1.165, 1.54) is 35.3 Å². The number of fused-ring (bicyclic) bond motifs is 1. The Morgan fingerprint density at radius 2 is 2.28 bits per heavy atom. The van der Waals surface area contributed by atoms with Crippen molar-refractivity contribution < 1.29 is 0 Å². The minimum Gasteiger partial charge on any atom is -0.385 e. The van der Waals surface area contributed by atoms with Crippen LogP contribution in [0.1, 0.15) is 28.9 Å². The van der Waals surface area contributed by atoms with E-state index in [1.807, 2.05) is 18.7 Å². The number of rotatable bonds is 2. The summed E-state index contributed by atoms with van der Waals surface area (Å²) in [7, 11) is 2.02. The molecule has 2 aromatic rings. The smallest absolute Gasteiger partial charge is 0.0596 e. The van der Waals surface area contributed by atoms with Crippen molar-refractivity contribution in [1.29, 1.82) is 0 Å². The van der Waals surface area contributed by atoms with Gasteiger partial charge in [-0.25, -0.2) is 0 Å². The molecule has 2 heterocycles. The molecule has 94 valence electrons. The zero-order valence-electron chi connectivity index (χ0n) is 11.0. The number of aryl methyl sites for hydroxylation is 2. The molecule has 0 saturated heterocycles. The van der Waals surface area contributed by atoms with Crippen LogP contribution in [0.4, 0.5) is 5.69 Å². The van der Waals surface area contributed by atoms with Gasteiger partial charge in [-0.05, 0) is 43.0 Å². The molecule has 3 heteroatoms. The highest BCUT2D eigenvalue weighted by atomic mass is 15.3. The lowest BCUT2D eigenvalue weighted by atomic mass is 9.95. The lowest BCUT2D eigenvalue weighted by Crippen LogP contribution is -2.14. The standard InChI is InChI=1S/C15H19N3/c1-11-9-13(18(2)17-11)10-12-5-3-7-15-14(12)6-4-8-16-15/h3,5,7,9,16H,4,6,8,10H2,1-2H3. The first-order chi connectivity index (χ1) is 8.74. The minimum absolute atomic E-state index is 0.974. The van der Waals surface area contributed by atoms with Gasteiger partial charge in [-0.15, -0.1) is 0 Å². The fourth-order valence-electron chi connectivity index (χ4n) is 2.77. The summed E-state index contributed by atoms with van der Waals surface area (Å²) in [5.41, 5.74) is 6.62. The summed E-state index contributed by atoms with van der Waals surface area (Å²) in [6.07, 6.45) is 3.39. The molecule has 1 N–H and O–H groups in total. The van der Waals surface area contributed by atoms with Crippen molar-refractivity contribution >= 4 is 5.69 Å². The van der Waals surface area contributed by atoms with Crippen LogP contribution in [0.25, 0.3) is 0 Å². The summed E-state index contributed by atoms with van der Waals surface area (Å²) < 4.78 is 1.99. The van der Waals surface area contributed by atoms with Gasteiger partial charge in [-0.2, -0.15) is 5.10 Å². The Balaban J connectivity index is 1.95. The number of nitrogens with one attached hydrogen (secondary N) is 1. The molecule has 0 radical (unpaired) electrons. The van der Waals surface area contributed by atoms with E-state index in [0.29, 0.717) is 0 Å². The number of nitrogens with zero attached hydrogens (tertiary/aromatic N) is 2. The van der Waals surface area contributed by atoms with E-state index in [4.69, 9.17) is 0 Å². The van der Waals surface area contributed by atoms with Crippen LogP contribution in [0.3, 0.4) is 0 Å². The van der Waals surface area contributed by atoms with Gasteiger partial charge >= 0.3 is 0 Å². The second-order valence-corrected chi connectivity index (χ2v) is 5.05. The normalized spacial score (nSPS) is 14.1. The first-order valence-corrected chi connectivity index (χ1v) is 6.58. The molecule has 0 saturated carbocycles. The zero-order valence-corrected chi connectivity index (χ0v) is 11.0. The van der Waals surface area contributed by atoms with Gasteiger partial charge in [0.25, 0.3) is 0 Å². The van der Waals surface area contributed by atoms with Crippen molar-refractivity contribution in [2.45, 2.75) is 26.2 Å². The van der Waals surface area contributed by atoms with Crippen molar-refractivity contribution in [2.75, 3.05) is 11.9 Å². The molecule has 3 nitrogen and oxygen atoms in total. The molecule has 0 atom stereocenters. The zero-order chi connectivity index (χ0) is 12.5. The van der Waals surface area contributed by atoms with Crippen LogP contribution < -0.4 is 5.32 Å². The third-order valence-electron chi connectivity index (χ3n) is 3.66. The Bertz CT molecular complexity index is 569. The largest absolute Gasteiger partial charge is 0.385 e. The maximum Gasteiger partial charge on any atom is 0.0596 e. The van der Waals surface area contributed by atoms with E-state index in [1.54, 1.807) is 0 Å². The Kier molecular flexibility index (Phi) is 2.82. The monoisotopic (exact) mass is 241 g/mol. The third-order valence-corrected chi connectivity index (χ3v) is 3.66. The minimum atomic E-state index is 0.974. The van der Waals surface area contributed by atoms with Gasteiger partial charge in [0, 0.05) is 31.4 Å². The number of hydrogen-bond acceptors (Lipinski definition) is 2. The topological polar surface area (TPSA) is 29.9 Å². The fourth-order valence-corrected chi connectivity index (χ4v) is 2.77. The summed E-state index contributed by atoms with van der Waals surface area (Å²) in [5, 5.41) is 7.91. The van der Waals surface area contributed by atoms with Gasteiger partial charge in [0.2, 0.25) is 0 Å². The maximum atomic E-state index is 4.42. The molecule has 0 spiro atoms. The van der Waals surface area contributed by atoms with Gasteiger partial charge in [-0.1, -0.05) is 12.1 Å². The number of aromatic nitrogens is 2. The molecular formula is C15H19N3. The molecule has 1 aromatic heterocycles. The van der Waals surface area contributed by atoms with Crippen LogP contribution in [0, 0.1) is 6.92 Å². The molecule has 0 unspecified atom stereocenters. The first kappa shape index (κ1) is 11.3. The predicted octanol–water partition coefficient (Wildman–Crippen LogP) is 2.68. The molecule has 1 aromatic carbocycles. The molecule has 1 aliphatic rings. The summed E-state index contributed by atoms with van der Waals surface area (Å²) in [6, 6.07) is 8.76. The average molecular weight is 241 g/mol. The first-order valence-electron chi connectivity index (χ1n) is 6.58. The van der Waals surface area contributed by atoms with Crippen molar-refractivity contribution in [3.05, 3.63) is 46.8 Å². The molecule has 0 fully saturated rings. The Hall–Kier alpha value is -1.77. The van der Waals surface area contributed by atoms with E-state index in [9.17, 15) is 0 Å². The summed E-state index contributed by atoms with van der Waals surface area (Å²) >= 11 is 0. The molecule has 0 aliphatic carbocycles. The van der Waals surface area contributed by atoms with Gasteiger partial charge in [0.05, 0.1) is 5.69 Å². The van der Waals surface area contributed by atoms with Gasteiger partial charge in [0.1, 0.15) is 0 Å². The molecular weight excluding hydrogens is 222 g/mol. The van der Waals surface area contributed by atoms with Gasteiger partial charge < -0.3 is 5.32 Å². The van der Waals surface area contributed by atoms with E-state index in [-0.39, 0.29) is 0 Å². The lowest BCUT2D eigenvalue weighted by Gasteiger charge is -2.21. The van der Waals surface area contributed by atoms with Crippen LogP contribution in [0.5, 0.6) is 0 Å². The van der Waals surface area contributed by atoms with E-state index in [0.717, 1.165) is 18.7 Å². The van der Waals surface area contributed by atoms with Crippen molar-refractivity contribution in [3.8, 4) is 0 Å². The molecule has 0 bridgehead atoms. The fraction of sp³-hybridized carbons (Fsp3) is 0.400. The van der Waals surface area contributed by atoms with Crippen molar-refractivity contribution in [2.24, 2.45) is 7.05 Å². The number of hydrogen-bond donors (Lipinski definition) is 1. The van der Waals surface area contributed by atoms with Crippen LogP contribution in [0.2, 0.25) is 0 Å². The predicted molar refractivity (Wildman–Crippen MR) is 74.0 cm³/mol. The Labute approximate surface area is 108 Å². The SMILES string of the molecule is Cc1cc(Cc2cccc3c2CCCN3)n(C)n1. The Morgan fingerprint density at radius 1 is 1.39 bits per heavy atom. The van der Waals surface area contributed by atoms with Gasteiger partial charge in [-0.3, -0.25) is 4.68 Å². The average Bonchev–Trinajstić information content (AvgIpc) is 2.68. The van der Waals surface area contributed by atoms with E-state index in [2.05, 4.69) is 34.7 Å². The highest BCUT2D eigenvalue weighted by Gasteiger charge is 2.13. The molecule has 3 rings (SSSR count).